The second-order valence-corrected chi connectivity index (χ2v) is 7.26. The van der Waals surface area contributed by atoms with E-state index in [2.05, 4.69) is 15.8 Å². The van der Waals surface area contributed by atoms with Crippen LogP contribution in [0.15, 0.2) is 84.0 Å². The Morgan fingerprint density at radius 2 is 1.91 bits per heavy atom. The van der Waals surface area contributed by atoms with Gasteiger partial charge in [-0.25, -0.2) is 4.79 Å². The first-order valence-electron chi connectivity index (χ1n) is 10.2. The van der Waals surface area contributed by atoms with Crippen LogP contribution in [0.1, 0.15) is 12.0 Å². The predicted molar refractivity (Wildman–Crippen MR) is 122 cm³/mol. The molecule has 1 aliphatic rings. The van der Waals surface area contributed by atoms with Crippen molar-refractivity contribution in [1.29, 1.82) is 5.26 Å². The van der Waals surface area contributed by atoms with Gasteiger partial charge in [-0.1, -0.05) is 59.8 Å². The minimum atomic E-state index is -0.376. The minimum Gasteiger partial charge on any atom is -0.489 e. The number of nitrogens with zero attached hydrogens (tertiary/aromatic N) is 2. The summed E-state index contributed by atoms with van der Waals surface area (Å²) >= 11 is 0. The van der Waals surface area contributed by atoms with Crippen LogP contribution >= 0.6 is 0 Å². The third-order valence-corrected chi connectivity index (χ3v) is 4.89. The van der Waals surface area contributed by atoms with Gasteiger partial charge in [-0.2, -0.15) is 5.26 Å². The summed E-state index contributed by atoms with van der Waals surface area (Å²) in [6, 6.07) is 26.3. The molecule has 0 bridgehead atoms. The van der Waals surface area contributed by atoms with Crippen LogP contribution in [0.3, 0.4) is 0 Å². The summed E-state index contributed by atoms with van der Waals surface area (Å²) in [6.45, 7) is 0.616. The Hall–Kier alpha value is -4.31. The zero-order valence-corrected chi connectivity index (χ0v) is 17.3. The lowest BCUT2D eigenvalue weighted by Crippen LogP contribution is -2.33. The van der Waals surface area contributed by atoms with Gasteiger partial charge in [0, 0.05) is 17.7 Å². The number of carbonyl (C=O) groups is 1. The fraction of sp³-hybridized carbons (Fsp3) is 0.160. The molecular formula is C25H22N4O3. The lowest BCUT2D eigenvalue weighted by atomic mass is 10.0. The molecule has 0 saturated heterocycles. The van der Waals surface area contributed by atoms with Crippen LogP contribution in [0.2, 0.25) is 0 Å². The maximum Gasteiger partial charge on any atom is 0.319 e. The summed E-state index contributed by atoms with van der Waals surface area (Å²) in [5.74, 6) is 0.785. The van der Waals surface area contributed by atoms with E-state index in [0.717, 1.165) is 22.6 Å². The predicted octanol–water partition coefficient (Wildman–Crippen LogP) is 4.57. The van der Waals surface area contributed by atoms with Crippen molar-refractivity contribution < 1.29 is 14.4 Å². The molecule has 7 nitrogen and oxygen atoms in total. The van der Waals surface area contributed by atoms with Crippen LogP contribution in [-0.4, -0.2) is 31.0 Å². The highest BCUT2D eigenvalue weighted by Gasteiger charge is 2.22. The monoisotopic (exact) mass is 426 g/mol. The smallest absolute Gasteiger partial charge is 0.319 e. The number of oxime groups is 1. The van der Waals surface area contributed by atoms with E-state index in [0.29, 0.717) is 24.3 Å². The highest BCUT2D eigenvalue weighted by molar-refractivity contribution is 5.94. The molecule has 0 aromatic heterocycles. The first kappa shape index (κ1) is 20.9. The van der Waals surface area contributed by atoms with Crippen molar-refractivity contribution in [1.82, 2.24) is 5.32 Å². The summed E-state index contributed by atoms with van der Waals surface area (Å²) in [5.41, 5.74) is 3.87. The number of nitrogens with one attached hydrogen (secondary N) is 2. The van der Waals surface area contributed by atoms with E-state index < -0.39 is 0 Å². The van der Waals surface area contributed by atoms with Crippen LogP contribution in [0.25, 0.3) is 11.1 Å². The molecule has 1 atom stereocenters. The van der Waals surface area contributed by atoms with E-state index in [-0.39, 0.29) is 18.7 Å². The number of urea groups is 1. The molecule has 1 aliphatic heterocycles. The zero-order chi connectivity index (χ0) is 22.2. The number of hydrogen-bond donors (Lipinski definition) is 2. The zero-order valence-electron chi connectivity index (χ0n) is 17.3. The second kappa shape index (κ2) is 10.1. The van der Waals surface area contributed by atoms with E-state index in [4.69, 9.17) is 14.8 Å². The maximum atomic E-state index is 12.1. The van der Waals surface area contributed by atoms with Gasteiger partial charge in [0.1, 0.15) is 12.4 Å². The third-order valence-electron chi connectivity index (χ3n) is 4.89. The average molecular weight is 426 g/mol. The molecule has 1 heterocycles. The van der Waals surface area contributed by atoms with Crippen molar-refractivity contribution in [3.8, 4) is 22.9 Å². The van der Waals surface area contributed by atoms with Gasteiger partial charge in [0.15, 0.2) is 6.10 Å². The van der Waals surface area contributed by atoms with Gasteiger partial charge < -0.3 is 20.2 Å². The molecule has 0 aliphatic carbocycles. The first-order chi connectivity index (χ1) is 15.7. The standard InChI is InChI=1S/C25H22N4O3/c26-15-18-7-6-10-20(13-18)28-25(30)27-16-21-14-22(32-29-21)17-31-24-12-5-4-11-23(24)19-8-2-1-3-9-19/h1-13,22H,14,16-17H2,(H2,27,28,30). The Morgan fingerprint density at radius 3 is 2.75 bits per heavy atom. The van der Waals surface area contributed by atoms with Gasteiger partial charge in [0.2, 0.25) is 0 Å². The Bertz CT molecular complexity index is 1160. The fourth-order valence-corrected chi connectivity index (χ4v) is 3.34. The Labute approximate surface area is 186 Å². The van der Waals surface area contributed by atoms with Crippen molar-refractivity contribution >= 4 is 17.4 Å². The highest BCUT2D eigenvalue weighted by atomic mass is 16.7. The Balaban J connectivity index is 1.24. The summed E-state index contributed by atoms with van der Waals surface area (Å²) in [7, 11) is 0. The number of anilines is 1. The van der Waals surface area contributed by atoms with Crippen LogP contribution < -0.4 is 15.4 Å². The topological polar surface area (TPSA) is 95.7 Å². The van der Waals surface area contributed by atoms with Gasteiger partial charge in [-0.15, -0.1) is 0 Å². The fourth-order valence-electron chi connectivity index (χ4n) is 3.34. The van der Waals surface area contributed by atoms with E-state index in [1.54, 1.807) is 24.3 Å². The number of amides is 2. The van der Waals surface area contributed by atoms with Gasteiger partial charge in [0.05, 0.1) is 23.9 Å². The minimum absolute atomic E-state index is 0.217. The summed E-state index contributed by atoms with van der Waals surface area (Å²) in [5, 5.41) is 18.5. The summed E-state index contributed by atoms with van der Waals surface area (Å²) in [6.07, 6.45) is 0.350. The van der Waals surface area contributed by atoms with Crippen LogP contribution in [0.5, 0.6) is 5.75 Å². The molecule has 7 heteroatoms. The Morgan fingerprint density at radius 1 is 1.09 bits per heavy atom. The number of hydrogen-bond acceptors (Lipinski definition) is 5. The molecule has 3 aromatic carbocycles. The highest BCUT2D eigenvalue weighted by Crippen LogP contribution is 2.30. The lowest BCUT2D eigenvalue weighted by molar-refractivity contribution is 0.0472. The molecule has 4 rings (SSSR count). The average Bonchev–Trinajstić information content (AvgIpc) is 3.30. The van der Waals surface area contributed by atoms with Crippen LogP contribution in [-0.2, 0) is 4.84 Å². The molecule has 2 N–H and O–H groups in total. The third kappa shape index (κ3) is 5.43. The van der Waals surface area contributed by atoms with Crippen molar-refractivity contribution in [3.63, 3.8) is 0 Å². The van der Waals surface area contributed by atoms with E-state index in [1.165, 1.54) is 0 Å². The molecule has 0 fully saturated rings. The van der Waals surface area contributed by atoms with Gasteiger partial charge in [-0.05, 0) is 29.8 Å². The number of nitriles is 1. The van der Waals surface area contributed by atoms with Crippen molar-refractivity contribution in [2.45, 2.75) is 12.5 Å². The van der Waals surface area contributed by atoms with E-state index in [9.17, 15) is 4.79 Å². The van der Waals surface area contributed by atoms with Crippen molar-refractivity contribution in [3.05, 3.63) is 84.4 Å². The summed E-state index contributed by atoms with van der Waals surface area (Å²) in [4.78, 5) is 17.6. The van der Waals surface area contributed by atoms with Crippen molar-refractivity contribution in [2.24, 2.45) is 5.16 Å². The molecule has 0 radical (unpaired) electrons. The summed E-state index contributed by atoms with van der Waals surface area (Å²) < 4.78 is 6.03. The van der Waals surface area contributed by atoms with Gasteiger partial charge in [-0.3, -0.25) is 0 Å². The van der Waals surface area contributed by atoms with Crippen LogP contribution in [0.4, 0.5) is 10.5 Å². The molecule has 0 saturated carbocycles. The van der Waals surface area contributed by atoms with E-state index in [1.807, 2.05) is 60.7 Å². The van der Waals surface area contributed by atoms with Gasteiger partial charge in [0.25, 0.3) is 0 Å². The maximum absolute atomic E-state index is 12.1. The number of ether oxygens (including phenoxy) is 1. The number of benzene rings is 3. The number of rotatable bonds is 7. The molecule has 1 unspecified atom stereocenters. The Kier molecular flexibility index (Phi) is 6.63. The van der Waals surface area contributed by atoms with Gasteiger partial charge >= 0.3 is 6.03 Å². The SMILES string of the molecule is N#Cc1cccc(NC(=O)NCC2=NOC(COc3ccccc3-c3ccccc3)C2)c1. The number of para-hydroxylation sites is 1. The molecular weight excluding hydrogens is 404 g/mol. The second-order valence-electron chi connectivity index (χ2n) is 7.26. The number of carbonyl (C=O) groups excluding carboxylic acids is 1. The quantitative estimate of drug-likeness (QED) is 0.578. The molecule has 0 spiro atoms. The molecule has 32 heavy (non-hydrogen) atoms. The van der Waals surface area contributed by atoms with Crippen molar-refractivity contribution in [2.75, 3.05) is 18.5 Å². The lowest BCUT2D eigenvalue weighted by Gasteiger charge is -2.14. The van der Waals surface area contributed by atoms with E-state index >= 15 is 0 Å². The largest absolute Gasteiger partial charge is 0.489 e. The molecule has 3 aromatic rings. The first-order valence-corrected chi connectivity index (χ1v) is 10.2. The normalized spacial score (nSPS) is 14.6. The molecule has 160 valence electrons. The molecule has 2 amide bonds. The van der Waals surface area contributed by atoms with Crippen LogP contribution in [0, 0.1) is 11.3 Å².